The zero-order chi connectivity index (χ0) is 29.6. The SMILES string of the molecule is CC[Si]1(CC)C(c2c(C)ccc3ccccc23)=C(c2ccccc2)C(c2ccccc2)=C1c1c(C)ccc2ccccc12. The van der Waals surface area contributed by atoms with E-state index in [0.29, 0.717) is 0 Å². The van der Waals surface area contributed by atoms with E-state index in [4.69, 9.17) is 0 Å². The Morgan fingerprint density at radius 2 is 0.791 bits per heavy atom. The van der Waals surface area contributed by atoms with Gasteiger partial charge in [-0.2, -0.15) is 0 Å². The number of rotatable bonds is 6. The molecule has 0 spiro atoms. The molecule has 0 nitrogen and oxygen atoms in total. The van der Waals surface area contributed by atoms with Crippen LogP contribution in [0.15, 0.2) is 133 Å². The Morgan fingerprint density at radius 1 is 0.419 bits per heavy atom. The van der Waals surface area contributed by atoms with Crippen molar-refractivity contribution in [3.05, 3.63) is 167 Å². The molecule has 1 heterocycles. The van der Waals surface area contributed by atoms with Crippen molar-refractivity contribution in [1.29, 1.82) is 0 Å². The van der Waals surface area contributed by atoms with Crippen molar-refractivity contribution in [3.63, 3.8) is 0 Å². The normalized spacial score (nSPS) is 14.7. The Kier molecular flexibility index (Phi) is 6.99. The second-order valence-electron chi connectivity index (χ2n) is 12.0. The number of aryl methyl sites for hydroxylation is 2. The number of hydrogen-bond donors (Lipinski definition) is 0. The Labute approximate surface area is 257 Å². The molecule has 7 rings (SSSR count). The van der Waals surface area contributed by atoms with E-state index in [1.165, 1.54) is 66.1 Å². The van der Waals surface area contributed by atoms with Gasteiger partial charge in [0.1, 0.15) is 8.07 Å². The van der Waals surface area contributed by atoms with Crippen LogP contribution in [-0.4, -0.2) is 8.07 Å². The van der Waals surface area contributed by atoms with Gasteiger partial charge in [0.25, 0.3) is 0 Å². The molecule has 1 aliphatic heterocycles. The molecule has 1 aliphatic rings. The molecule has 0 N–H and O–H groups in total. The summed E-state index contributed by atoms with van der Waals surface area (Å²) in [6.45, 7) is 9.58. The quantitative estimate of drug-likeness (QED) is 0.175. The molecule has 0 unspecified atom stereocenters. The molecule has 0 saturated heterocycles. The Bertz CT molecular complexity index is 1890. The molecule has 1 heteroatoms. The monoisotopic (exact) mass is 570 g/mol. The van der Waals surface area contributed by atoms with Crippen molar-refractivity contribution in [2.45, 2.75) is 39.8 Å². The molecule has 6 aromatic rings. The average molecular weight is 571 g/mol. The first-order valence-electron chi connectivity index (χ1n) is 15.7. The Hall–Kier alpha value is -4.46. The first kappa shape index (κ1) is 27.4. The van der Waals surface area contributed by atoms with Gasteiger partial charge in [-0.05, 0) is 90.3 Å². The third kappa shape index (κ3) is 4.26. The molecule has 0 radical (unpaired) electrons. The fourth-order valence-electron chi connectivity index (χ4n) is 7.75. The Balaban J connectivity index is 1.74. The summed E-state index contributed by atoms with van der Waals surface area (Å²) in [4.78, 5) is 0. The van der Waals surface area contributed by atoms with Crippen molar-refractivity contribution in [2.75, 3.05) is 0 Å². The van der Waals surface area contributed by atoms with E-state index in [-0.39, 0.29) is 0 Å². The molecule has 6 aromatic carbocycles. The van der Waals surface area contributed by atoms with E-state index in [9.17, 15) is 0 Å². The van der Waals surface area contributed by atoms with Gasteiger partial charge in [0.15, 0.2) is 0 Å². The predicted octanol–water partition coefficient (Wildman–Crippen LogP) is 11.7. The predicted molar refractivity (Wildman–Crippen MR) is 191 cm³/mol. The van der Waals surface area contributed by atoms with Crippen LogP contribution < -0.4 is 0 Å². The van der Waals surface area contributed by atoms with Gasteiger partial charge in [-0.1, -0.05) is 159 Å². The van der Waals surface area contributed by atoms with E-state index in [0.717, 1.165) is 12.1 Å². The third-order valence-electron chi connectivity index (χ3n) is 9.81. The van der Waals surface area contributed by atoms with Gasteiger partial charge in [-0.3, -0.25) is 0 Å². The average Bonchev–Trinajstić information content (AvgIpc) is 3.36. The van der Waals surface area contributed by atoms with Gasteiger partial charge in [-0.25, -0.2) is 0 Å². The zero-order valence-corrected chi connectivity index (χ0v) is 26.6. The number of benzene rings is 6. The molecule has 0 amide bonds. The van der Waals surface area contributed by atoms with Crippen LogP contribution in [0, 0.1) is 13.8 Å². The lowest BCUT2D eigenvalue weighted by Crippen LogP contribution is -2.36. The van der Waals surface area contributed by atoms with Gasteiger partial charge in [-0.15, -0.1) is 0 Å². The van der Waals surface area contributed by atoms with E-state index in [1.807, 2.05) is 0 Å². The van der Waals surface area contributed by atoms with Crippen LogP contribution in [0.4, 0.5) is 0 Å². The van der Waals surface area contributed by atoms with Crippen molar-refractivity contribution >= 4 is 51.2 Å². The minimum atomic E-state index is -2.35. The van der Waals surface area contributed by atoms with Gasteiger partial charge < -0.3 is 0 Å². The first-order chi connectivity index (χ1) is 21.1. The molecule has 0 bridgehead atoms. The van der Waals surface area contributed by atoms with Crippen LogP contribution in [0.2, 0.25) is 12.1 Å². The van der Waals surface area contributed by atoms with E-state index in [2.05, 4.69) is 161 Å². The van der Waals surface area contributed by atoms with E-state index >= 15 is 0 Å². The molecule has 210 valence electrons. The molecular formula is C42H38Si. The molecule has 0 saturated carbocycles. The molecule has 0 aliphatic carbocycles. The van der Waals surface area contributed by atoms with Gasteiger partial charge >= 0.3 is 0 Å². The maximum Gasteiger partial charge on any atom is 0.120 e. The highest BCUT2D eigenvalue weighted by Crippen LogP contribution is 2.60. The highest BCUT2D eigenvalue weighted by Gasteiger charge is 2.49. The van der Waals surface area contributed by atoms with Crippen LogP contribution >= 0.6 is 0 Å². The lowest BCUT2D eigenvalue weighted by atomic mass is 9.86. The van der Waals surface area contributed by atoms with Crippen LogP contribution in [0.5, 0.6) is 0 Å². The van der Waals surface area contributed by atoms with E-state index < -0.39 is 8.07 Å². The van der Waals surface area contributed by atoms with Crippen LogP contribution in [0.3, 0.4) is 0 Å². The van der Waals surface area contributed by atoms with Gasteiger partial charge in [0.2, 0.25) is 0 Å². The lowest BCUT2D eigenvalue weighted by Gasteiger charge is -2.35. The molecule has 0 atom stereocenters. The maximum atomic E-state index is 2.47. The third-order valence-corrected chi connectivity index (χ3v) is 15.1. The highest BCUT2D eigenvalue weighted by atomic mass is 28.3. The molecule has 43 heavy (non-hydrogen) atoms. The number of hydrogen-bond acceptors (Lipinski definition) is 0. The number of allylic oxidation sites excluding steroid dienone is 2. The summed E-state index contributed by atoms with van der Waals surface area (Å²) in [7, 11) is -2.35. The van der Waals surface area contributed by atoms with E-state index in [1.54, 1.807) is 10.4 Å². The molecular weight excluding hydrogens is 533 g/mol. The first-order valence-corrected chi connectivity index (χ1v) is 18.1. The fourth-order valence-corrected chi connectivity index (χ4v) is 13.0. The maximum absolute atomic E-state index is 2.47. The second kappa shape index (κ2) is 11.0. The standard InChI is InChI=1S/C42H38Si/c1-5-43(6-2)41(37-29(3)25-27-31-17-13-15-23-35(31)37)39(33-19-9-7-10-20-33)40(34-21-11-8-12-22-34)42(43)38-30(4)26-28-32-18-14-16-24-36(32)38/h7-28H,5-6H2,1-4H3. The zero-order valence-electron chi connectivity index (χ0n) is 25.6. The van der Waals surface area contributed by atoms with Crippen LogP contribution in [0.1, 0.15) is 47.2 Å². The summed E-state index contributed by atoms with van der Waals surface area (Å²) in [5.41, 5.74) is 11.1. The summed E-state index contributed by atoms with van der Waals surface area (Å²) in [5, 5.41) is 8.59. The van der Waals surface area contributed by atoms with Crippen LogP contribution in [-0.2, 0) is 0 Å². The number of fused-ring (bicyclic) bond motifs is 2. The summed E-state index contributed by atoms with van der Waals surface area (Å²) < 4.78 is 0. The second-order valence-corrected chi connectivity index (χ2v) is 16.6. The minimum absolute atomic E-state index is 1.14. The topological polar surface area (TPSA) is 0 Å². The summed E-state index contributed by atoms with van der Waals surface area (Å²) >= 11 is 0. The molecule has 0 fully saturated rings. The summed E-state index contributed by atoms with van der Waals surface area (Å²) in [5.74, 6) is 0. The minimum Gasteiger partial charge on any atom is -0.0672 e. The summed E-state index contributed by atoms with van der Waals surface area (Å²) in [6, 6.07) is 52.1. The highest BCUT2D eigenvalue weighted by molar-refractivity contribution is 7.15. The van der Waals surface area contributed by atoms with Crippen molar-refractivity contribution in [3.8, 4) is 0 Å². The smallest absolute Gasteiger partial charge is 0.0672 e. The van der Waals surface area contributed by atoms with Crippen molar-refractivity contribution in [1.82, 2.24) is 0 Å². The Morgan fingerprint density at radius 3 is 1.19 bits per heavy atom. The molecule has 0 aromatic heterocycles. The largest absolute Gasteiger partial charge is 0.120 e. The van der Waals surface area contributed by atoms with Gasteiger partial charge in [0, 0.05) is 0 Å². The fraction of sp³-hybridized carbons (Fsp3) is 0.143. The lowest BCUT2D eigenvalue weighted by molar-refractivity contribution is 1.29. The van der Waals surface area contributed by atoms with Crippen molar-refractivity contribution in [2.24, 2.45) is 0 Å². The summed E-state index contributed by atoms with van der Waals surface area (Å²) in [6.07, 6.45) is 0. The van der Waals surface area contributed by atoms with Crippen LogP contribution in [0.25, 0.3) is 43.1 Å². The van der Waals surface area contributed by atoms with Gasteiger partial charge in [0.05, 0.1) is 0 Å². The van der Waals surface area contributed by atoms with Crippen molar-refractivity contribution < 1.29 is 0 Å².